The Morgan fingerprint density at radius 2 is 2.50 bits per heavy atom. The second-order valence-corrected chi connectivity index (χ2v) is 2.03. The maximum absolute atomic E-state index is 10.7. The summed E-state index contributed by atoms with van der Waals surface area (Å²) < 4.78 is 0. The Bertz CT molecular complexity index is 198. The summed E-state index contributed by atoms with van der Waals surface area (Å²) in [7, 11) is 0. The fourth-order valence-electron chi connectivity index (χ4n) is 0.884. The van der Waals surface area contributed by atoms with Crippen LogP contribution in [-0.4, -0.2) is 36.0 Å². The van der Waals surface area contributed by atoms with E-state index >= 15 is 0 Å². The maximum Gasteiger partial charge on any atom is 0.225 e. The van der Waals surface area contributed by atoms with Gasteiger partial charge in [0, 0.05) is 13.5 Å². The number of hydrogen-bond donors (Lipinski definition) is 0. The van der Waals surface area contributed by atoms with Crippen LogP contribution in [0.4, 0.5) is 0 Å². The molecule has 0 aromatic rings. The first-order valence-corrected chi connectivity index (χ1v) is 3.03. The molecule has 0 aliphatic carbocycles. The van der Waals surface area contributed by atoms with E-state index in [4.69, 9.17) is 0 Å². The highest BCUT2D eigenvalue weighted by Crippen LogP contribution is 1.98. The molecule has 0 bridgehead atoms. The first-order valence-electron chi connectivity index (χ1n) is 3.03. The largest absolute Gasteiger partial charge is 0.294 e. The highest BCUT2D eigenvalue weighted by Gasteiger charge is 2.18. The number of aldehydes is 1. The van der Waals surface area contributed by atoms with E-state index < -0.39 is 0 Å². The number of carbonyl (C=O) groups excluding carboxylic acids is 2. The molecule has 0 saturated carbocycles. The molecule has 54 valence electrons. The van der Waals surface area contributed by atoms with E-state index in [0.717, 1.165) is 0 Å². The van der Waals surface area contributed by atoms with Gasteiger partial charge in [0.15, 0.2) is 12.1 Å². The number of rotatable bonds is 1. The predicted octanol–water partition coefficient (Wildman–Crippen LogP) is -0.554. The van der Waals surface area contributed by atoms with Gasteiger partial charge in [-0.05, 0) is 0 Å². The minimum Gasteiger partial charge on any atom is -0.294 e. The summed E-state index contributed by atoms with van der Waals surface area (Å²) in [4.78, 5) is 26.1. The van der Waals surface area contributed by atoms with Crippen LogP contribution < -0.4 is 0 Å². The standard InChI is InChI=1S/C6H8N2O2/c1-5(10)8-3-2-7-6(8)4-9/h4H,2-3H2,1H3. The summed E-state index contributed by atoms with van der Waals surface area (Å²) in [6.45, 7) is 2.52. The molecule has 0 fully saturated rings. The fraction of sp³-hybridized carbons (Fsp3) is 0.500. The van der Waals surface area contributed by atoms with Crippen molar-refractivity contribution in [3.05, 3.63) is 0 Å². The molecule has 1 aliphatic heterocycles. The van der Waals surface area contributed by atoms with Crippen molar-refractivity contribution in [2.75, 3.05) is 13.1 Å². The van der Waals surface area contributed by atoms with Gasteiger partial charge in [0.25, 0.3) is 0 Å². The number of carbonyl (C=O) groups is 2. The Kier molecular flexibility index (Phi) is 1.80. The summed E-state index contributed by atoms with van der Waals surface area (Å²) in [6, 6.07) is 0. The molecule has 0 aromatic heterocycles. The van der Waals surface area contributed by atoms with Gasteiger partial charge in [-0.25, -0.2) is 0 Å². The first-order chi connectivity index (χ1) is 4.75. The van der Waals surface area contributed by atoms with Crippen LogP contribution in [0.15, 0.2) is 4.99 Å². The van der Waals surface area contributed by atoms with Crippen molar-refractivity contribution in [3.63, 3.8) is 0 Å². The van der Waals surface area contributed by atoms with Crippen molar-refractivity contribution in [1.29, 1.82) is 0 Å². The van der Waals surface area contributed by atoms with Crippen molar-refractivity contribution in [2.24, 2.45) is 4.99 Å². The van der Waals surface area contributed by atoms with Crippen LogP contribution in [0.1, 0.15) is 6.92 Å². The highest BCUT2D eigenvalue weighted by atomic mass is 16.2. The molecule has 0 radical (unpaired) electrons. The summed E-state index contributed by atoms with van der Waals surface area (Å²) >= 11 is 0. The normalized spacial score (nSPS) is 16.9. The molecule has 1 heterocycles. The Labute approximate surface area is 58.5 Å². The lowest BCUT2D eigenvalue weighted by molar-refractivity contribution is -0.125. The third kappa shape index (κ3) is 1.05. The molecule has 4 nitrogen and oxygen atoms in total. The van der Waals surface area contributed by atoms with Crippen molar-refractivity contribution >= 4 is 18.0 Å². The highest BCUT2D eigenvalue weighted by molar-refractivity contribution is 6.30. The molecular weight excluding hydrogens is 132 g/mol. The smallest absolute Gasteiger partial charge is 0.225 e. The van der Waals surface area contributed by atoms with E-state index in [1.807, 2.05) is 0 Å². The maximum atomic E-state index is 10.7. The quantitative estimate of drug-likeness (QED) is 0.459. The average molecular weight is 140 g/mol. The molecule has 1 rings (SSSR count). The summed E-state index contributed by atoms with van der Waals surface area (Å²) in [5, 5.41) is 0. The monoisotopic (exact) mass is 140 g/mol. The van der Waals surface area contributed by atoms with E-state index in [-0.39, 0.29) is 11.7 Å². The van der Waals surface area contributed by atoms with Crippen molar-refractivity contribution in [1.82, 2.24) is 4.90 Å². The first kappa shape index (κ1) is 6.92. The van der Waals surface area contributed by atoms with Gasteiger partial charge < -0.3 is 0 Å². The van der Waals surface area contributed by atoms with Gasteiger partial charge in [-0.2, -0.15) is 0 Å². The Balaban J connectivity index is 2.72. The molecule has 1 aliphatic rings. The van der Waals surface area contributed by atoms with Crippen LogP contribution in [0, 0.1) is 0 Å². The Hall–Kier alpha value is -1.19. The minimum absolute atomic E-state index is 0.122. The molecule has 0 saturated heterocycles. The molecule has 0 N–H and O–H groups in total. The second-order valence-electron chi connectivity index (χ2n) is 2.03. The van der Waals surface area contributed by atoms with E-state index in [2.05, 4.69) is 4.99 Å². The lowest BCUT2D eigenvalue weighted by Crippen LogP contribution is -2.32. The van der Waals surface area contributed by atoms with Gasteiger partial charge in [0.1, 0.15) is 0 Å². The number of aliphatic imine (C=N–C) groups is 1. The summed E-state index contributed by atoms with van der Waals surface area (Å²) in [5.41, 5.74) is 0. The number of amidine groups is 1. The van der Waals surface area contributed by atoms with Crippen LogP contribution >= 0.6 is 0 Å². The van der Waals surface area contributed by atoms with E-state index in [9.17, 15) is 9.59 Å². The van der Waals surface area contributed by atoms with Crippen LogP contribution in [0.2, 0.25) is 0 Å². The molecule has 4 heteroatoms. The van der Waals surface area contributed by atoms with Crippen LogP contribution in [0.3, 0.4) is 0 Å². The predicted molar refractivity (Wildman–Crippen MR) is 35.8 cm³/mol. The Morgan fingerprint density at radius 3 is 2.90 bits per heavy atom. The molecule has 0 unspecified atom stereocenters. The molecule has 10 heavy (non-hydrogen) atoms. The third-order valence-electron chi connectivity index (χ3n) is 1.36. The lowest BCUT2D eigenvalue weighted by atomic mass is 10.5. The minimum atomic E-state index is -0.122. The fourth-order valence-corrected chi connectivity index (χ4v) is 0.884. The van der Waals surface area contributed by atoms with Gasteiger partial charge in [-0.3, -0.25) is 19.5 Å². The van der Waals surface area contributed by atoms with Crippen molar-refractivity contribution < 1.29 is 9.59 Å². The second kappa shape index (κ2) is 2.60. The molecule has 0 atom stereocenters. The van der Waals surface area contributed by atoms with Gasteiger partial charge in [0.2, 0.25) is 5.91 Å². The van der Waals surface area contributed by atoms with E-state index in [1.165, 1.54) is 11.8 Å². The van der Waals surface area contributed by atoms with E-state index in [0.29, 0.717) is 19.4 Å². The summed E-state index contributed by atoms with van der Waals surface area (Å²) in [5.74, 6) is 0.135. The van der Waals surface area contributed by atoms with Crippen molar-refractivity contribution in [3.8, 4) is 0 Å². The number of nitrogens with zero attached hydrogens (tertiary/aromatic N) is 2. The lowest BCUT2D eigenvalue weighted by Gasteiger charge is -2.10. The topological polar surface area (TPSA) is 49.7 Å². The zero-order chi connectivity index (χ0) is 7.56. The van der Waals surface area contributed by atoms with Gasteiger partial charge in [-0.15, -0.1) is 0 Å². The van der Waals surface area contributed by atoms with Gasteiger partial charge in [0.05, 0.1) is 6.54 Å². The van der Waals surface area contributed by atoms with Gasteiger partial charge >= 0.3 is 0 Å². The SMILES string of the molecule is CC(=O)N1CCN=C1C=O. The van der Waals surface area contributed by atoms with Crippen molar-refractivity contribution in [2.45, 2.75) is 6.92 Å². The number of amides is 1. The molecule has 0 spiro atoms. The zero-order valence-corrected chi connectivity index (χ0v) is 5.70. The van der Waals surface area contributed by atoms with Gasteiger partial charge in [-0.1, -0.05) is 0 Å². The van der Waals surface area contributed by atoms with Crippen LogP contribution in [0.25, 0.3) is 0 Å². The zero-order valence-electron chi connectivity index (χ0n) is 5.70. The van der Waals surface area contributed by atoms with E-state index in [1.54, 1.807) is 0 Å². The summed E-state index contributed by atoms with van der Waals surface area (Å²) in [6.07, 6.45) is 0.606. The number of hydrogen-bond acceptors (Lipinski definition) is 3. The van der Waals surface area contributed by atoms with Crippen LogP contribution in [-0.2, 0) is 9.59 Å². The Morgan fingerprint density at radius 1 is 1.80 bits per heavy atom. The molecular formula is C6H8N2O2. The van der Waals surface area contributed by atoms with Crippen LogP contribution in [0.5, 0.6) is 0 Å². The average Bonchev–Trinajstić information content (AvgIpc) is 2.33. The molecule has 1 amide bonds. The molecule has 0 aromatic carbocycles. The third-order valence-corrected chi connectivity index (χ3v) is 1.36.